The first-order valence-corrected chi connectivity index (χ1v) is 7.82. The number of nitrogens with one attached hydrogen (secondary N) is 1. The van der Waals surface area contributed by atoms with Crippen molar-refractivity contribution < 1.29 is 23.9 Å². The zero-order valence-corrected chi connectivity index (χ0v) is 13.9. The number of amides is 2. The molecular formula is C18H20N2O5. The van der Waals surface area contributed by atoms with E-state index in [1.165, 1.54) is 17.2 Å². The first-order valence-electron chi connectivity index (χ1n) is 7.82. The fourth-order valence-corrected chi connectivity index (χ4v) is 2.25. The number of hydrogen-bond donors (Lipinski definition) is 2. The fraction of sp³-hybridized carbons (Fsp3) is 0.278. The summed E-state index contributed by atoms with van der Waals surface area (Å²) in [5.74, 6) is -1.68. The van der Waals surface area contributed by atoms with E-state index >= 15 is 0 Å². The summed E-state index contributed by atoms with van der Waals surface area (Å²) < 4.78 is 4.96. The first kappa shape index (κ1) is 18.3. The number of carboxylic acid groups (broad SMARTS) is 1. The third-order valence-corrected chi connectivity index (χ3v) is 3.54. The predicted molar refractivity (Wildman–Crippen MR) is 89.9 cm³/mol. The van der Waals surface area contributed by atoms with Gasteiger partial charge in [-0.2, -0.15) is 0 Å². The van der Waals surface area contributed by atoms with Crippen molar-refractivity contribution in [1.82, 2.24) is 10.2 Å². The lowest BCUT2D eigenvalue weighted by molar-refractivity contribution is -0.144. The highest BCUT2D eigenvalue weighted by Crippen LogP contribution is 2.08. The second kappa shape index (κ2) is 8.68. The van der Waals surface area contributed by atoms with Gasteiger partial charge in [0.1, 0.15) is 6.54 Å². The Balaban J connectivity index is 1.90. The molecule has 132 valence electrons. The normalized spacial score (nSPS) is 10.3. The molecule has 0 atom stereocenters. The van der Waals surface area contributed by atoms with Crippen LogP contribution in [0.4, 0.5) is 0 Å². The maximum atomic E-state index is 12.3. The van der Waals surface area contributed by atoms with Crippen LogP contribution < -0.4 is 5.32 Å². The molecule has 0 unspecified atom stereocenters. The summed E-state index contributed by atoms with van der Waals surface area (Å²) >= 11 is 0. The minimum Gasteiger partial charge on any atom is -0.480 e. The summed E-state index contributed by atoms with van der Waals surface area (Å²) in [5.41, 5.74) is 1.93. The lowest BCUT2D eigenvalue weighted by Gasteiger charge is -2.21. The third-order valence-electron chi connectivity index (χ3n) is 3.54. The van der Waals surface area contributed by atoms with Crippen LogP contribution in [0.25, 0.3) is 0 Å². The zero-order valence-electron chi connectivity index (χ0n) is 13.9. The van der Waals surface area contributed by atoms with Crippen molar-refractivity contribution in [2.24, 2.45) is 0 Å². The van der Waals surface area contributed by atoms with Gasteiger partial charge in [0, 0.05) is 19.5 Å². The van der Waals surface area contributed by atoms with Crippen LogP contribution >= 0.6 is 0 Å². The third kappa shape index (κ3) is 5.80. The topological polar surface area (TPSA) is 99.9 Å². The lowest BCUT2D eigenvalue weighted by atomic mass is 10.1. The van der Waals surface area contributed by atoms with Crippen LogP contribution in [0, 0.1) is 6.92 Å². The largest absolute Gasteiger partial charge is 0.480 e. The van der Waals surface area contributed by atoms with Gasteiger partial charge in [0.15, 0.2) is 5.76 Å². The van der Waals surface area contributed by atoms with Gasteiger partial charge >= 0.3 is 5.97 Å². The molecule has 0 saturated carbocycles. The van der Waals surface area contributed by atoms with Gasteiger partial charge in [-0.25, -0.2) is 0 Å². The Morgan fingerprint density at radius 2 is 1.88 bits per heavy atom. The van der Waals surface area contributed by atoms with Gasteiger partial charge in [-0.1, -0.05) is 29.8 Å². The van der Waals surface area contributed by atoms with Crippen LogP contribution in [0.5, 0.6) is 0 Å². The second-order valence-electron chi connectivity index (χ2n) is 5.61. The highest BCUT2D eigenvalue weighted by Gasteiger charge is 2.17. The van der Waals surface area contributed by atoms with Crippen molar-refractivity contribution in [3.8, 4) is 0 Å². The Kier molecular flexibility index (Phi) is 6.33. The van der Waals surface area contributed by atoms with Gasteiger partial charge in [-0.15, -0.1) is 0 Å². The molecule has 0 spiro atoms. The zero-order chi connectivity index (χ0) is 18.2. The molecule has 1 heterocycles. The minimum atomic E-state index is -1.08. The summed E-state index contributed by atoms with van der Waals surface area (Å²) in [6.07, 6.45) is 1.39. The van der Waals surface area contributed by atoms with Crippen molar-refractivity contribution in [2.75, 3.05) is 13.1 Å². The summed E-state index contributed by atoms with van der Waals surface area (Å²) in [5, 5.41) is 11.6. The molecule has 0 radical (unpaired) electrons. The van der Waals surface area contributed by atoms with E-state index in [9.17, 15) is 14.4 Å². The van der Waals surface area contributed by atoms with E-state index in [0.29, 0.717) is 0 Å². The number of aryl methyl sites for hydroxylation is 1. The van der Waals surface area contributed by atoms with Gasteiger partial charge in [0.2, 0.25) is 5.91 Å². The van der Waals surface area contributed by atoms with Crippen LogP contribution in [-0.2, 0) is 16.1 Å². The molecule has 2 amide bonds. The highest BCUT2D eigenvalue weighted by molar-refractivity contribution is 5.91. The van der Waals surface area contributed by atoms with Crippen molar-refractivity contribution in [1.29, 1.82) is 0 Å². The van der Waals surface area contributed by atoms with E-state index in [1.54, 1.807) is 6.07 Å². The number of carbonyl (C=O) groups is 3. The maximum absolute atomic E-state index is 12.3. The van der Waals surface area contributed by atoms with Gasteiger partial charge in [0.05, 0.1) is 6.26 Å². The summed E-state index contributed by atoms with van der Waals surface area (Å²) in [4.78, 5) is 36.3. The Hall–Kier alpha value is -3.09. The number of rotatable bonds is 8. The van der Waals surface area contributed by atoms with E-state index in [1.807, 2.05) is 31.2 Å². The van der Waals surface area contributed by atoms with E-state index in [2.05, 4.69) is 5.32 Å². The Morgan fingerprint density at radius 3 is 2.48 bits per heavy atom. The van der Waals surface area contributed by atoms with Gasteiger partial charge in [-0.3, -0.25) is 14.4 Å². The van der Waals surface area contributed by atoms with Crippen molar-refractivity contribution in [2.45, 2.75) is 19.9 Å². The molecule has 2 aromatic rings. The van der Waals surface area contributed by atoms with Gasteiger partial charge < -0.3 is 19.7 Å². The molecule has 7 heteroatoms. The molecule has 2 N–H and O–H groups in total. The standard InChI is InChI=1S/C18H20N2O5/c1-13-4-6-14(7-5-13)11-20(12-17(22)23)16(21)8-9-19-18(24)15-3-2-10-25-15/h2-7,10H,8-9,11-12H2,1H3,(H,19,24)(H,22,23). The molecule has 1 aromatic carbocycles. The SMILES string of the molecule is Cc1ccc(CN(CC(=O)O)C(=O)CCNC(=O)c2ccco2)cc1. The molecule has 0 saturated heterocycles. The van der Waals surface area contributed by atoms with E-state index in [-0.39, 0.29) is 31.2 Å². The van der Waals surface area contributed by atoms with Crippen molar-refractivity contribution >= 4 is 17.8 Å². The quantitative estimate of drug-likeness (QED) is 0.761. The molecule has 7 nitrogen and oxygen atoms in total. The summed E-state index contributed by atoms with van der Waals surface area (Å²) in [6.45, 7) is 1.87. The Labute approximate surface area is 145 Å². The smallest absolute Gasteiger partial charge is 0.323 e. The van der Waals surface area contributed by atoms with Gasteiger partial charge in [0.25, 0.3) is 5.91 Å². The molecule has 0 aliphatic rings. The number of aliphatic carboxylic acids is 1. The number of furan rings is 1. The second-order valence-corrected chi connectivity index (χ2v) is 5.61. The molecule has 25 heavy (non-hydrogen) atoms. The Morgan fingerprint density at radius 1 is 1.16 bits per heavy atom. The Bertz CT molecular complexity index is 722. The highest BCUT2D eigenvalue weighted by atomic mass is 16.4. The van der Waals surface area contributed by atoms with Crippen molar-refractivity contribution in [3.63, 3.8) is 0 Å². The molecule has 1 aromatic heterocycles. The van der Waals surface area contributed by atoms with E-state index in [0.717, 1.165) is 11.1 Å². The monoisotopic (exact) mass is 344 g/mol. The van der Waals surface area contributed by atoms with Crippen molar-refractivity contribution in [3.05, 3.63) is 59.5 Å². The fourth-order valence-electron chi connectivity index (χ4n) is 2.25. The molecule has 0 bridgehead atoms. The number of benzene rings is 1. The lowest BCUT2D eigenvalue weighted by Crippen LogP contribution is -2.37. The van der Waals surface area contributed by atoms with Crippen LogP contribution in [0.3, 0.4) is 0 Å². The molecule has 0 fully saturated rings. The summed E-state index contributed by atoms with van der Waals surface area (Å²) in [6, 6.07) is 10.6. The van der Waals surface area contributed by atoms with Crippen LogP contribution in [0.1, 0.15) is 28.1 Å². The number of hydrogen-bond acceptors (Lipinski definition) is 4. The maximum Gasteiger partial charge on any atom is 0.323 e. The molecular weight excluding hydrogens is 324 g/mol. The van der Waals surface area contributed by atoms with E-state index < -0.39 is 18.4 Å². The predicted octanol–water partition coefficient (Wildman–Crippen LogP) is 1.82. The van der Waals surface area contributed by atoms with Gasteiger partial charge in [-0.05, 0) is 24.6 Å². The molecule has 2 rings (SSSR count). The molecule has 0 aliphatic carbocycles. The van der Waals surface area contributed by atoms with Crippen LogP contribution in [0.15, 0.2) is 47.1 Å². The summed E-state index contributed by atoms with van der Waals surface area (Å²) in [7, 11) is 0. The van der Waals surface area contributed by atoms with Crippen LogP contribution in [-0.4, -0.2) is 40.9 Å². The number of carboxylic acids is 1. The minimum absolute atomic E-state index is 0.00555. The van der Waals surface area contributed by atoms with E-state index in [4.69, 9.17) is 9.52 Å². The first-order chi connectivity index (χ1) is 12.0. The number of carbonyl (C=O) groups excluding carboxylic acids is 2. The average Bonchev–Trinajstić information content (AvgIpc) is 3.10. The molecule has 0 aliphatic heterocycles. The number of nitrogens with zero attached hydrogens (tertiary/aromatic N) is 1. The van der Waals surface area contributed by atoms with Crippen LogP contribution in [0.2, 0.25) is 0 Å². The average molecular weight is 344 g/mol.